The molecule has 0 aliphatic carbocycles. The second-order valence-corrected chi connectivity index (χ2v) is 4.51. The van der Waals surface area contributed by atoms with Crippen molar-refractivity contribution in [2.24, 2.45) is 0 Å². The van der Waals surface area contributed by atoms with Gasteiger partial charge in [0.25, 0.3) is 11.6 Å². The molecule has 3 N–H and O–H groups in total. The summed E-state index contributed by atoms with van der Waals surface area (Å²) in [7, 11) is 0. The second kappa shape index (κ2) is 6.00. The number of hydrogen-bond acceptors (Lipinski definition) is 5. The van der Waals surface area contributed by atoms with Gasteiger partial charge in [-0.15, -0.1) is 0 Å². The minimum absolute atomic E-state index is 0.0887. The molecule has 7 heteroatoms. The molecule has 0 fully saturated rings. The van der Waals surface area contributed by atoms with Crippen LogP contribution in [-0.4, -0.2) is 15.8 Å². The van der Waals surface area contributed by atoms with E-state index in [9.17, 15) is 14.9 Å². The minimum Gasteiger partial charge on any atom is -0.398 e. The van der Waals surface area contributed by atoms with Crippen LogP contribution >= 0.6 is 0 Å². The van der Waals surface area contributed by atoms with Gasteiger partial charge in [0.1, 0.15) is 0 Å². The lowest BCUT2D eigenvalue weighted by Gasteiger charge is -2.09. The average molecular weight is 286 g/mol. The quantitative estimate of drug-likeness (QED) is 0.506. The number of nitrogen functional groups attached to an aromatic ring is 1. The smallest absolute Gasteiger partial charge is 0.270 e. The maximum atomic E-state index is 12.1. The number of pyridine rings is 1. The molecule has 108 valence electrons. The Morgan fingerprint density at radius 1 is 1.43 bits per heavy atom. The van der Waals surface area contributed by atoms with Gasteiger partial charge in [0.15, 0.2) is 0 Å². The third-order valence-corrected chi connectivity index (χ3v) is 3.08. The number of aromatic nitrogens is 1. The van der Waals surface area contributed by atoms with E-state index in [2.05, 4.69) is 10.3 Å². The van der Waals surface area contributed by atoms with E-state index in [1.54, 1.807) is 12.4 Å². The molecule has 0 saturated heterocycles. The number of non-ortho nitro benzene ring substituents is 1. The van der Waals surface area contributed by atoms with Gasteiger partial charge in [0.2, 0.25) is 0 Å². The molecule has 0 aliphatic heterocycles. The fraction of sp³-hybridized carbons (Fsp3) is 0.143. The third kappa shape index (κ3) is 3.33. The van der Waals surface area contributed by atoms with Gasteiger partial charge in [-0.3, -0.25) is 19.9 Å². The number of anilines is 1. The van der Waals surface area contributed by atoms with Crippen LogP contribution in [0.5, 0.6) is 0 Å². The van der Waals surface area contributed by atoms with Crippen LogP contribution in [0.15, 0.2) is 36.7 Å². The van der Waals surface area contributed by atoms with Crippen molar-refractivity contribution in [2.75, 3.05) is 5.73 Å². The van der Waals surface area contributed by atoms with Gasteiger partial charge in [-0.05, 0) is 30.2 Å². The molecule has 7 nitrogen and oxygen atoms in total. The number of benzene rings is 1. The van der Waals surface area contributed by atoms with Gasteiger partial charge >= 0.3 is 0 Å². The zero-order chi connectivity index (χ0) is 15.4. The van der Waals surface area contributed by atoms with E-state index in [1.807, 2.05) is 13.0 Å². The zero-order valence-electron chi connectivity index (χ0n) is 11.4. The highest BCUT2D eigenvalue weighted by molar-refractivity contribution is 5.99. The van der Waals surface area contributed by atoms with Crippen molar-refractivity contribution in [1.82, 2.24) is 10.3 Å². The van der Waals surface area contributed by atoms with Gasteiger partial charge in [-0.25, -0.2) is 0 Å². The van der Waals surface area contributed by atoms with Gasteiger partial charge in [0.05, 0.1) is 10.5 Å². The predicted molar refractivity (Wildman–Crippen MR) is 77.7 cm³/mol. The molecule has 0 saturated carbocycles. The Kier molecular flexibility index (Phi) is 4.13. The van der Waals surface area contributed by atoms with E-state index in [0.717, 1.165) is 11.1 Å². The van der Waals surface area contributed by atoms with Crippen molar-refractivity contribution in [3.8, 4) is 0 Å². The highest BCUT2D eigenvalue weighted by Crippen LogP contribution is 2.19. The molecule has 1 aromatic carbocycles. The standard InChI is InChI=1S/C14H14N4O3/c1-9-4-5-16-7-10(9)8-17-14(19)12-6-11(18(20)21)2-3-13(12)15/h2-7H,8,15H2,1H3,(H,17,19). The van der Waals surface area contributed by atoms with Crippen LogP contribution < -0.4 is 11.1 Å². The van der Waals surface area contributed by atoms with Crippen LogP contribution in [0.4, 0.5) is 11.4 Å². The van der Waals surface area contributed by atoms with E-state index < -0.39 is 10.8 Å². The fourth-order valence-electron chi connectivity index (χ4n) is 1.81. The van der Waals surface area contributed by atoms with Crippen molar-refractivity contribution >= 4 is 17.3 Å². The van der Waals surface area contributed by atoms with Crippen LogP contribution in [0.3, 0.4) is 0 Å². The van der Waals surface area contributed by atoms with Crippen LogP contribution in [-0.2, 0) is 6.54 Å². The maximum absolute atomic E-state index is 12.1. The Morgan fingerprint density at radius 3 is 2.86 bits per heavy atom. The van der Waals surface area contributed by atoms with Gasteiger partial charge in [-0.2, -0.15) is 0 Å². The van der Waals surface area contributed by atoms with E-state index in [1.165, 1.54) is 18.2 Å². The number of rotatable bonds is 4. The molecule has 0 spiro atoms. The Bertz CT molecular complexity index is 700. The average Bonchev–Trinajstić information content (AvgIpc) is 2.46. The van der Waals surface area contributed by atoms with Crippen molar-refractivity contribution in [2.45, 2.75) is 13.5 Å². The summed E-state index contributed by atoms with van der Waals surface area (Å²) >= 11 is 0. The number of hydrogen-bond donors (Lipinski definition) is 2. The number of nitrogens with two attached hydrogens (primary N) is 1. The van der Waals surface area contributed by atoms with Crippen molar-refractivity contribution < 1.29 is 9.72 Å². The first-order valence-corrected chi connectivity index (χ1v) is 6.20. The van der Waals surface area contributed by atoms with Crippen LogP contribution in [0, 0.1) is 17.0 Å². The number of aryl methyl sites for hydroxylation is 1. The van der Waals surface area contributed by atoms with Gasteiger partial charge in [0, 0.05) is 36.8 Å². The minimum atomic E-state index is -0.568. The summed E-state index contributed by atoms with van der Waals surface area (Å²) in [5, 5.41) is 13.4. The Morgan fingerprint density at radius 2 is 2.19 bits per heavy atom. The molecule has 21 heavy (non-hydrogen) atoms. The van der Waals surface area contributed by atoms with Crippen LogP contribution in [0.2, 0.25) is 0 Å². The molecule has 1 heterocycles. The summed E-state index contributed by atoms with van der Waals surface area (Å²) in [6.45, 7) is 2.19. The van der Waals surface area contributed by atoms with Crippen LogP contribution in [0.25, 0.3) is 0 Å². The largest absolute Gasteiger partial charge is 0.398 e. The summed E-state index contributed by atoms with van der Waals surface area (Å²) in [4.78, 5) is 26.2. The van der Waals surface area contributed by atoms with E-state index in [4.69, 9.17) is 5.73 Å². The molecule has 0 aliphatic rings. The van der Waals surface area contributed by atoms with Gasteiger partial charge < -0.3 is 11.1 Å². The normalized spacial score (nSPS) is 10.1. The highest BCUT2D eigenvalue weighted by Gasteiger charge is 2.15. The maximum Gasteiger partial charge on any atom is 0.270 e. The van der Waals surface area contributed by atoms with Crippen LogP contribution in [0.1, 0.15) is 21.5 Å². The summed E-state index contributed by atoms with van der Waals surface area (Å²) in [6.07, 6.45) is 3.33. The lowest BCUT2D eigenvalue weighted by molar-refractivity contribution is -0.384. The van der Waals surface area contributed by atoms with Crippen molar-refractivity contribution in [1.29, 1.82) is 0 Å². The number of amides is 1. The SMILES string of the molecule is Cc1ccncc1CNC(=O)c1cc([N+](=O)[O-])ccc1N. The first-order valence-electron chi connectivity index (χ1n) is 6.20. The molecule has 0 bridgehead atoms. The Hall–Kier alpha value is -2.96. The molecule has 0 atom stereocenters. The lowest BCUT2D eigenvalue weighted by atomic mass is 10.1. The summed E-state index contributed by atoms with van der Waals surface area (Å²) in [5.74, 6) is -0.459. The topological polar surface area (TPSA) is 111 Å². The molecule has 0 radical (unpaired) electrons. The number of nitrogens with zero attached hydrogens (tertiary/aromatic N) is 2. The number of nitro groups is 1. The second-order valence-electron chi connectivity index (χ2n) is 4.51. The summed E-state index contributed by atoms with van der Waals surface area (Å²) in [5.41, 5.74) is 7.67. The third-order valence-electron chi connectivity index (χ3n) is 3.08. The van der Waals surface area contributed by atoms with E-state index in [-0.39, 0.29) is 23.5 Å². The van der Waals surface area contributed by atoms with Crippen molar-refractivity contribution in [3.63, 3.8) is 0 Å². The van der Waals surface area contributed by atoms with E-state index >= 15 is 0 Å². The molecular weight excluding hydrogens is 272 g/mol. The Balaban J connectivity index is 2.15. The highest BCUT2D eigenvalue weighted by atomic mass is 16.6. The predicted octanol–water partition coefficient (Wildman–Crippen LogP) is 1.81. The molecule has 1 aromatic heterocycles. The number of nitro benzene ring substituents is 1. The monoisotopic (exact) mass is 286 g/mol. The number of carbonyl (C=O) groups excluding carboxylic acids is 1. The van der Waals surface area contributed by atoms with Gasteiger partial charge in [-0.1, -0.05) is 0 Å². The first-order chi connectivity index (χ1) is 9.99. The molecule has 0 unspecified atom stereocenters. The molecule has 2 aromatic rings. The van der Waals surface area contributed by atoms with E-state index in [0.29, 0.717) is 0 Å². The number of carbonyl (C=O) groups is 1. The lowest BCUT2D eigenvalue weighted by Crippen LogP contribution is -2.24. The fourth-order valence-corrected chi connectivity index (χ4v) is 1.81. The van der Waals surface area contributed by atoms with Crippen molar-refractivity contribution in [3.05, 3.63) is 63.5 Å². The first kappa shape index (κ1) is 14.4. The Labute approximate surface area is 121 Å². The summed E-state index contributed by atoms with van der Waals surface area (Å²) < 4.78 is 0. The molecular formula is C14H14N4O3. The molecule has 2 rings (SSSR count). The zero-order valence-corrected chi connectivity index (χ0v) is 11.4. The molecule has 1 amide bonds. The summed E-state index contributed by atoms with van der Waals surface area (Å²) in [6, 6.07) is 5.61. The number of nitrogens with one attached hydrogen (secondary N) is 1.